The van der Waals surface area contributed by atoms with Crippen LogP contribution in [0, 0.1) is 0 Å². The number of ether oxygens (including phenoxy) is 2. The van der Waals surface area contributed by atoms with Crippen molar-refractivity contribution in [2.75, 3.05) is 14.2 Å². The molecule has 6 nitrogen and oxygen atoms in total. The Kier molecular flexibility index (Phi) is 6.77. The Morgan fingerprint density at radius 1 is 0.926 bits per heavy atom. The van der Waals surface area contributed by atoms with Crippen molar-refractivity contribution in [3.63, 3.8) is 0 Å². The molecule has 140 valence electrons. The van der Waals surface area contributed by atoms with Crippen LogP contribution in [0.5, 0.6) is 23.0 Å². The molecule has 2 aromatic carbocycles. The number of hydrogen-bond acceptors (Lipinski definition) is 6. The van der Waals surface area contributed by atoms with Gasteiger partial charge in [-0.3, -0.25) is 9.59 Å². The zero-order valence-electron chi connectivity index (χ0n) is 15.0. The van der Waals surface area contributed by atoms with Crippen LogP contribution < -0.4 is 9.47 Å². The van der Waals surface area contributed by atoms with Gasteiger partial charge in [0.05, 0.1) is 20.6 Å². The van der Waals surface area contributed by atoms with E-state index in [0.29, 0.717) is 22.6 Å². The summed E-state index contributed by atoms with van der Waals surface area (Å²) < 4.78 is 9.94. The number of phenols is 2. The normalized spacial score (nSPS) is 11.0. The fraction of sp³-hybridized carbons (Fsp3) is 0.143. The molecule has 0 fully saturated rings. The van der Waals surface area contributed by atoms with E-state index in [0.717, 1.165) is 0 Å². The molecule has 27 heavy (non-hydrogen) atoms. The van der Waals surface area contributed by atoms with Gasteiger partial charge in [-0.1, -0.05) is 24.3 Å². The Morgan fingerprint density at radius 2 is 1.59 bits per heavy atom. The Morgan fingerprint density at radius 3 is 2.22 bits per heavy atom. The minimum absolute atomic E-state index is 0.0378. The van der Waals surface area contributed by atoms with Gasteiger partial charge in [-0.15, -0.1) is 0 Å². The summed E-state index contributed by atoms with van der Waals surface area (Å²) >= 11 is 0. The Balaban J connectivity index is 1.97. The van der Waals surface area contributed by atoms with E-state index in [1.165, 1.54) is 44.6 Å². The molecule has 0 aliphatic carbocycles. The number of rotatable bonds is 8. The quantitative estimate of drug-likeness (QED) is 0.548. The van der Waals surface area contributed by atoms with Crippen LogP contribution in [0.1, 0.15) is 17.5 Å². The molecule has 0 aliphatic heterocycles. The van der Waals surface area contributed by atoms with Crippen molar-refractivity contribution >= 4 is 23.7 Å². The van der Waals surface area contributed by atoms with Gasteiger partial charge in [0.15, 0.2) is 34.6 Å². The molecule has 0 spiro atoms. The zero-order valence-corrected chi connectivity index (χ0v) is 15.0. The fourth-order valence-corrected chi connectivity index (χ4v) is 2.31. The average molecular weight is 368 g/mol. The zero-order chi connectivity index (χ0) is 19.8. The van der Waals surface area contributed by atoms with E-state index < -0.39 is 5.78 Å². The van der Waals surface area contributed by atoms with E-state index in [4.69, 9.17) is 9.47 Å². The van der Waals surface area contributed by atoms with Crippen molar-refractivity contribution in [3.8, 4) is 23.0 Å². The third-order valence-corrected chi connectivity index (χ3v) is 3.71. The van der Waals surface area contributed by atoms with Gasteiger partial charge in [0.2, 0.25) is 0 Å². The molecule has 0 atom stereocenters. The number of carbonyl (C=O) groups excluding carboxylic acids is 2. The topological polar surface area (TPSA) is 93.1 Å². The number of benzene rings is 2. The Labute approximate surface area is 157 Å². The van der Waals surface area contributed by atoms with E-state index in [-0.39, 0.29) is 23.7 Å². The summed E-state index contributed by atoms with van der Waals surface area (Å²) in [6.45, 7) is 0. The first-order valence-corrected chi connectivity index (χ1v) is 8.09. The number of ketones is 2. The van der Waals surface area contributed by atoms with Gasteiger partial charge in [0.25, 0.3) is 0 Å². The van der Waals surface area contributed by atoms with Gasteiger partial charge in [0.1, 0.15) is 0 Å². The van der Waals surface area contributed by atoms with Gasteiger partial charge in [-0.2, -0.15) is 0 Å². The maximum Gasteiger partial charge on any atom is 0.165 e. The largest absolute Gasteiger partial charge is 0.504 e. The molecule has 0 heterocycles. The molecule has 0 amide bonds. The number of carbonyl (C=O) groups is 2. The van der Waals surface area contributed by atoms with E-state index in [1.54, 1.807) is 30.3 Å². The minimum Gasteiger partial charge on any atom is -0.504 e. The molecule has 6 heteroatoms. The van der Waals surface area contributed by atoms with Gasteiger partial charge in [0, 0.05) is 5.56 Å². The number of phenolic OH excluding ortho intramolecular Hbond substituents is 2. The van der Waals surface area contributed by atoms with Crippen molar-refractivity contribution in [1.29, 1.82) is 0 Å². The highest BCUT2D eigenvalue weighted by atomic mass is 16.5. The molecule has 0 saturated carbocycles. The highest BCUT2D eigenvalue weighted by Gasteiger charge is 2.07. The Hall–Kier alpha value is -3.54. The Bertz CT molecular complexity index is 896. The van der Waals surface area contributed by atoms with Crippen molar-refractivity contribution < 1.29 is 29.3 Å². The highest BCUT2D eigenvalue weighted by Crippen LogP contribution is 2.30. The van der Waals surface area contributed by atoms with E-state index in [9.17, 15) is 19.8 Å². The second-order valence-electron chi connectivity index (χ2n) is 5.61. The van der Waals surface area contributed by atoms with Crippen LogP contribution in [0.2, 0.25) is 0 Å². The molecule has 2 rings (SSSR count). The highest BCUT2D eigenvalue weighted by molar-refractivity contribution is 6.11. The minimum atomic E-state index is -0.399. The maximum atomic E-state index is 11.9. The van der Waals surface area contributed by atoms with E-state index in [1.807, 2.05) is 0 Å². The molecule has 0 saturated heterocycles. The average Bonchev–Trinajstić information content (AvgIpc) is 2.65. The third-order valence-electron chi connectivity index (χ3n) is 3.71. The molecule has 0 aliphatic rings. The molecular formula is C21H20O6. The maximum absolute atomic E-state index is 11.9. The van der Waals surface area contributed by atoms with Gasteiger partial charge < -0.3 is 19.7 Å². The first kappa shape index (κ1) is 19.8. The number of para-hydroxylation sites is 1. The lowest BCUT2D eigenvalue weighted by Gasteiger charge is -2.04. The fourth-order valence-electron chi connectivity index (χ4n) is 2.31. The molecular weight excluding hydrogens is 348 g/mol. The summed E-state index contributed by atoms with van der Waals surface area (Å²) in [6, 6.07) is 9.61. The molecule has 2 N–H and O–H groups in total. The lowest BCUT2D eigenvalue weighted by atomic mass is 10.1. The monoisotopic (exact) mass is 368 g/mol. The van der Waals surface area contributed by atoms with Crippen molar-refractivity contribution in [1.82, 2.24) is 0 Å². The molecule has 0 aromatic heterocycles. The van der Waals surface area contributed by atoms with Crippen LogP contribution >= 0.6 is 0 Å². The molecule has 0 radical (unpaired) electrons. The lowest BCUT2D eigenvalue weighted by molar-refractivity contribution is -0.121. The summed E-state index contributed by atoms with van der Waals surface area (Å²) in [6.07, 6.45) is 5.14. The predicted octanol–water partition coefficient (Wildman–Crippen LogP) is 3.37. The van der Waals surface area contributed by atoms with Crippen LogP contribution in [-0.2, 0) is 9.59 Å². The molecule has 0 bridgehead atoms. The number of methoxy groups -OCH3 is 2. The SMILES string of the molecule is COc1ccc(/C=C/C(=O)CC(=O)/C=C/c2cccc(OC)c2O)cc1O. The van der Waals surface area contributed by atoms with Crippen molar-refractivity contribution in [2.45, 2.75) is 6.42 Å². The van der Waals surface area contributed by atoms with E-state index >= 15 is 0 Å². The second kappa shape index (κ2) is 9.24. The summed E-state index contributed by atoms with van der Waals surface area (Å²) in [4.78, 5) is 23.8. The van der Waals surface area contributed by atoms with E-state index in [2.05, 4.69) is 0 Å². The van der Waals surface area contributed by atoms with Gasteiger partial charge in [-0.05, 0) is 42.0 Å². The summed E-state index contributed by atoms with van der Waals surface area (Å²) in [5.74, 6) is -0.260. The smallest absolute Gasteiger partial charge is 0.165 e. The summed E-state index contributed by atoms with van der Waals surface area (Å²) in [7, 11) is 2.87. The number of allylic oxidation sites excluding steroid dienone is 2. The van der Waals surface area contributed by atoms with Crippen LogP contribution in [-0.4, -0.2) is 36.0 Å². The molecule has 0 unspecified atom stereocenters. The first-order valence-electron chi connectivity index (χ1n) is 8.09. The molecule has 2 aromatic rings. The van der Waals surface area contributed by atoms with Crippen LogP contribution in [0.4, 0.5) is 0 Å². The van der Waals surface area contributed by atoms with Gasteiger partial charge >= 0.3 is 0 Å². The lowest BCUT2D eigenvalue weighted by Crippen LogP contribution is -2.01. The second-order valence-corrected chi connectivity index (χ2v) is 5.61. The summed E-state index contributed by atoms with van der Waals surface area (Å²) in [5, 5.41) is 19.7. The van der Waals surface area contributed by atoms with Gasteiger partial charge in [-0.25, -0.2) is 0 Å². The summed E-state index contributed by atoms with van der Waals surface area (Å²) in [5.41, 5.74) is 1.02. The van der Waals surface area contributed by atoms with Crippen molar-refractivity contribution in [3.05, 3.63) is 59.7 Å². The van der Waals surface area contributed by atoms with Crippen LogP contribution in [0.15, 0.2) is 48.6 Å². The third kappa shape index (κ3) is 5.47. The number of hydrogen-bond donors (Lipinski definition) is 2. The van der Waals surface area contributed by atoms with Crippen LogP contribution in [0.3, 0.4) is 0 Å². The van der Waals surface area contributed by atoms with Crippen LogP contribution in [0.25, 0.3) is 12.2 Å². The standard InChI is InChI=1S/C21H20O6/c1-26-19-11-7-14(12-18(19)24)6-9-16(22)13-17(23)10-8-15-4-3-5-20(27-2)21(15)25/h3-12,24-25H,13H2,1-2H3/b9-6+,10-8+. The number of aromatic hydroxyl groups is 2. The predicted molar refractivity (Wildman–Crippen MR) is 102 cm³/mol. The van der Waals surface area contributed by atoms with Crippen molar-refractivity contribution in [2.24, 2.45) is 0 Å². The first-order chi connectivity index (χ1) is 12.9.